The van der Waals surface area contributed by atoms with Crippen molar-refractivity contribution in [3.63, 3.8) is 0 Å². The standard InChI is InChI=1S/C6H5.C5H5N.C5H6.3C2H6.CH4.CH3.2Y/c2*1-2-4-6-5-3-1;1-2-4-5-3-1;3*1-2;;;;/h2*1-5H;1-4H,5H2;3*1-2H3;1H4;1H3;;/q-1;;;;;;;-1;;. The third kappa shape index (κ3) is 51.8. The second-order valence-electron chi connectivity index (χ2n) is 3.19. The fourth-order valence-corrected chi connectivity index (χ4v) is 1.05. The van der Waals surface area contributed by atoms with Crippen LogP contribution in [0.25, 0.3) is 0 Å². The van der Waals surface area contributed by atoms with Gasteiger partial charge in [0.25, 0.3) is 0 Å². The second-order valence-corrected chi connectivity index (χ2v) is 3.19. The van der Waals surface area contributed by atoms with Gasteiger partial charge in [0.1, 0.15) is 0 Å². The van der Waals surface area contributed by atoms with Crippen molar-refractivity contribution >= 4 is 0 Å². The smallest absolute Gasteiger partial charge is 0.0267 e. The summed E-state index contributed by atoms with van der Waals surface area (Å²) >= 11 is 0. The summed E-state index contributed by atoms with van der Waals surface area (Å²) < 4.78 is 0. The minimum Gasteiger partial charge on any atom is -0.358 e. The van der Waals surface area contributed by atoms with Gasteiger partial charge in [0.05, 0.1) is 0 Å². The molecule has 0 aliphatic heterocycles. The topological polar surface area (TPSA) is 12.9 Å². The van der Waals surface area contributed by atoms with Crippen LogP contribution in [0.2, 0.25) is 0 Å². The quantitative estimate of drug-likeness (QED) is 0.318. The average Bonchev–Trinajstić information content (AvgIpc) is 3.30. The number of hydrogen-bond acceptors (Lipinski definition) is 1. The van der Waals surface area contributed by atoms with Crippen LogP contribution < -0.4 is 0 Å². The first kappa shape index (κ1) is 45.7. The Bertz CT molecular complexity index is 320. The van der Waals surface area contributed by atoms with Crippen molar-refractivity contribution in [2.24, 2.45) is 0 Å². The zero-order chi connectivity index (χ0) is 18.0. The molecule has 150 valence electrons. The number of rotatable bonds is 0. The monoisotopic (exact) mass is 521 g/mol. The van der Waals surface area contributed by atoms with Crippen LogP contribution in [0.5, 0.6) is 0 Å². The number of hydrogen-bond donors (Lipinski definition) is 0. The number of allylic oxidation sites excluding steroid dienone is 4. The fourth-order valence-electron chi connectivity index (χ4n) is 1.05. The molecule has 2 aromatic rings. The molecule has 0 fully saturated rings. The molecule has 1 aromatic heterocycles. The van der Waals surface area contributed by atoms with E-state index in [1.165, 1.54) is 0 Å². The molecule has 0 atom stereocenters. The third-order valence-corrected chi connectivity index (χ3v) is 1.83. The zero-order valence-electron chi connectivity index (χ0n) is 17.9. The minimum atomic E-state index is 0. The van der Waals surface area contributed by atoms with E-state index in [0.29, 0.717) is 0 Å². The van der Waals surface area contributed by atoms with Crippen molar-refractivity contribution in [3.05, 3.63) is 98.7 Å². The Morgan fingerprint density at radius 1 is 0.630 bits per heavy atom. The molecule has 27 heavy (non-hydrogen) atoms. The molecule has 0 saturated heterocycles. The Morgan fingerprint density at radius 2 is 1.00 bits per heavy atom. The summed E-state index contributed by atoms with van der Waals surface area (Å²) in [5.74, 6) is 0. The van der Waals surface area contributed by atoms with Gasteiger partial charge in [-0.15, -0.1) is 0 Å². The van der Waals surface area contributed by atoms with E-state index in [4.69, 9.17) is 0 Å². The van der Waals surface area contributed by atoms with Crippen molar-refractivity contribution in [2.75, 3.05) is 0 Å². The normalized spacial score (nSPS) is 7.48. The predicted molar refractivity (Wildman–Crippen MR) is 120 cm³/mol. The molecule has 1 aliphatic rings. The van der Waals surface area contributed by atoms with Crippen LogP contribution in [0.15, 0.2) is 85.2 Å². The van der Waals surface area contributed by atoms with Crippen LogP contribution in [0.1, 0.15) is 55.4 Å². The number of nitrogens with zero attached hydrogens (tertiary/aromatic N) is 1. The second kappa shape index (κ2) is 56.2. The van der Waals surface area contributed by atoms with Gasteiger partial charge in [0.2, 0.25) is 0 Å². The van der Waals surface area contributed by atoms with Crippen molar-refractivity contribution < 1.29 is 65.4 Å². The molecule has 1 aromatic carbocycles. The van der Waals surface area contributed by atoms with Gasteiger partial charge in [-0.2, -0.15) is 36.4 Å². The van der Waals surface area contributed by atoms with Gasteiger partial charge in [-0.05, 0) is 18.6 Å². The van der Waals surface area contributed by atoms with Crippen molar-refractivity contribution in [1.29, 1.82) is 0 Å². The molecule has 2 radical (unpaired) electrons. The van der Waals surface area contributed by atoms with E-state index < -0.39 is 0 Å². The van der Waals surface area contributed by atoms with Gasteiger partial charge < -0.3 is 7.43 Å². The predicted octanol–water partition coefficient (Wildman–Crippen LogP) is 8.23. The molecule has 0 spiro atoms. The summed E-state index contributed by atoms with van der Waals surface area (Å²) in [5.41, 5.74) is 0. The van der Waals surface area contributed by atoms with Crippen LogP contribution in [0.3, 0.4) is 0 Å². The summed E-state index contributed by atoms with van der Waals surface area (Å²) in [7, 11) is 0. The van der Waals surface area contributed by atoms with E-state index in [-0.39, 0.29) is 80.3 Å². The van der Waals surface area contributed by atoms with Gasteiger partial charge in [0.15, 0.2) is 0 Å². The van der Waals surface area contributed by atoms with Gasteiger partial charge >= 0.3 is 0 Å². The minimum absolute atomic E-state index is 0. The van der Waals surface area contributed by atoms with E-state index in [1.807, 2.05) is 90.1 Å². The van der Waals surface area contributed by atoms with Crippen LogP contribution in [0.4, 0.5) is 0 Å². The van der Waals surface area contributed by atoms with Crippen LogP contribution >= 0.6 is 0 Å². The summed E-state index contributed by atoms with van der Waals surface area (Å²) in [6, 6.07) is 18.2. The van der Waals surface area contributed by atoms with E-state index in [0.717, 1.165) is 6.42 Å². The van der Waals surface area contributed by atoms with Crippen molar-refractivity contribution in [2.45, 2.75) is 55.4 Å². The number of pyridine rings is 1. The molecule has 1 nitrogen and oxygen atoms in total. The van der Waals surface area contributed by atoms with E-state index in [2.05, 4.69) is 35.4 Å². The van der Waals surface area contributed by atoms with Gasteiger partial charge in [-0.25, -0.2) is 0 Å². The molecule has 0 amide bonds. The molecule has 0 unspecified atom stereocenters. The molecule has 1 aliphatic carbocycles. The summed E-state index contributed by atoms with van der Waals surface area (Å²) in [6.45, 7) is 12.0. The molecule has 3 rings (SSSR count). The molecule has 1 heterocycles. The first-order chi connectivity index (χ1) is 11.5. The molecule has 0 bridgehead atoms. The van der Waals surface area contributed by atoms with Crippen LogP contribution in [-0.4, -0.2) is 4.98 Å². The Balaban J connectivity index is -0.0000000367. The van der Waals surface area contributed by atoms with Gasteiger partial charge in [0, 0.05) is 77.8 Å². The largest absolute Gasteiger partial charge is 0.358 e. The van der Waals surface area contributed by atoms with E-state index >= 15 is 0 Å². The summed E-state index contributed by atoms with van der Waals surface area (Å²) in [6.07, 6.45) is 13.0. The van der Waals surface area contributed by atoms with Gasteiger partial charge in [-0.3, -0.25) is 4.98 Å². The molecular formula is C24H41NY2-2. The maximum absolute atomic E-state index is 3.78. The zero-order valence-corrected chi connectivity index (χ0v) is 23.6. The Kier molecular flexibility index (Phi) is 95.1. The van der Waals surface area contributed by atoms with Gasteiger partial charge in [-0.1, -0.05) is 79.3 Å². The molecular weight excluding hydrogens is 480 g/mol. The Morgan fingerprint density at radius 3 is 1.11 bits per heavy atom. The van der Waals surface area contributed by atoms with Crippen LogP contribution in [-0.2, 0) is 65.4 Å². The maximum Gasteiger partial charge on any atom is 0.0267 e. The van der Waals surface area contributed by atoms with Crippen molar-refractivity contribution in [3.8, 4) is 0 Å². The van der Waals surface area contributed by atoms with Crippen molar-refractivity contribution in [1.82, 2.24) is 4.98 Å². The van der Waals surface area contributed by atoms with Crippen LogP contribution in [0, 0.1) is 13.5 Å². The van der Waals surface area contributed by atoms with E-state index in [9.17, 15) is 0 Å². The number of benzene rings is 1. The maximum atomic E-state index is 3.78. The van der Waals surface area contributed by atoms with E-state index in [1.54, 1.807) is 12.4 Å². The first-order valence-corrected chi connectivity index (χ1v) is 8.58. The Hall–Kier alpha value is 0.0578. The fraction of sp³-hybridized carbons (Fsp3) is 0.333. The Labute approximate surface area is 222 Å². The molecule has 0 N–H and O–H groups in total. The molecule has 0 saturated carbocycles. The number of aromatic nitrogens is 1. The third-order valence-electron chi connectivity index (χ3n) is 1.83. The molecule has 3 heteroatoms. The summed E-state index contributed by atoms with van der Waals surface area (Å²) in [5, 5.41) is 0. The first-order valence-electron chi connectivity index (χ1n) is 8.58. The summed E-state index contributed by atoms with van der Waals surface area (Å²) in [4.78, 5) is 3.78. The average molecular weight is 521 g/mol. The SMILES string of the molecule is C.C1=CCC=C1.CC.CC.CC.[CH3-].[Y].[Y].[c-]1ccccc1.c1ccncc1.